The maximum Gasteiger partial charge on any atom is 0.157 e. The van der Waals surface area contributed by atoms with Crippen molar-refractivity contribution in [2.45, 2.75) is 57.6 Å². The van der Waals surface area contributed by atoms with Crippen molar-refractivity contribution in [1.82, 2.24) is 14.6 Å². The van der Waals surface area contributed by atoms with Gasteiger partial charge in [-0.2, -0.15) is 9.61 Å². The van der Waals surface area contributed by atoms with Gasteiger partial charge in [0.05, 0.1) is 23.9 Å². The van der Waals surface area contributed by atoms with Crippen molar-refractivity contribution in [3.05, 3.63) is 23.5 Å². The van der Waals surface area contributed by atoms with E-state index < -0.39 is 0 Å². The van der Waals surface area contributed by atoms with Crippen LogP contribution in [0.5, 0.6) is 0 Å². The molecule has 1 atom stereocenters. The SMILES string of the molecule is Cc1cc(NC2COC3(CCCC3)C2)n2nc(C)cc2n1. The molecule has 5 nitrogen and oxygen atoms in total. The molecule has 1 unspecified atom stereocenters. The number of nitrogens with one attached hydrogen (secondary N) is 1. The molecule has 3 heterocycles. The number of hydrogen-bond acceptors (Lipinski definition) is 4. The minimum absolute atomic E-state index is 0.152. The Morgan fingerprint density at radius 3 is 2.86 bits per heavy atom. The van der Waals surface area contributed by atoms with Gasteiger partial charge in [-0.15, -0.1) is 0 Å². The van der Waals surface area contributed by atoms with Crippen LogP contribution in [0.4, 0.5) is 5.82 Å². The standard InChI is InChI=1S/C16H22N4O/c1-11-7-15(20-14(17-11)8-12(2)19-20)18-13-9-16(21-10-13)5-3-4-6-16/h7-8,13,18H,3-6,9-10H2,1-2H3. The highest BCUT2D eigenvalue weighted by Crippen LogP contribution is 2.41. The molecule has 2 fully saturated rings. The number of hydrogen-bond donors (Lipinski definition) is 1. The van der Waals surface area contributed by atoms with Gasteiger partial charge in [-0.25, -0.2) is 4.98 Å². The van der Waals surface area contributed by atoms with Crippen LogP contribution in [-0.4, -0.2) is 32.8 Å². The average Bonchev–Trinajstić information content (AvgIpc) is 3.12. The molecule has 0 aromatic carbocycles. The number of aryl methyl sites for hydroxylation is 2. The van der Waals surface area contributed by atoms with E-state index in [0.717, 1.165) is 35.9 Å². The highest BCUT2D eigenvalue weighted by atomic mass is 16.5. The lowest BCUT2D eigenvalue weighted by molar-refractivity contribution is 0.0103. The summed E-state index contributed by atoms with van der Waals surface area (Å²) >= 11 is 0. The Hall–Kier alpha value is -1.62. The summed E-state index contributed by atoms with van der Waals surface area (Å²) in [6.45, 7) is 4.82. The van der Waals surface area contributed by atoms with Crippen LogP contribution in [0.1, 0.15) is 43.5 Å². The largest absolute Gasteiger partial charge is 0.373 e. The van der Waals surface area contributed by atoms with E-state index in [1.54, 1.807) is 0 Å². The third-order valence-electron chi connectivity index (χ3n) is 4.75. The number of rotatable bonds is 2. The Labute approximate surface area is 124 Å². The summed E-state index contributed by atoms with van der Waals surface area (Å²) in [5, 5.41) is 8.16. The maximum atomic E-state index is 6.13. The van der Waals surface area contributed by atoms with E-state index in [-0.39, 0.29) is 5.60 Å². The third kappa shape index (κ3) is 2.29. The van der Waals surface area contributed by atoms with E-state index in [1.165, 1.54) is 25.7 Å². The maximum absolute atomic E-state index is 6.13. The molecule has 2 aromatic rings. The number of fused-ring (bicyclic) bond motifs is 1. The van der Waals surface area contributed by atoms with Gasteiger partial charge in [0.1, 0.15) is 5.82 Å². The lowest BCUT2D eigenvalue weighted by atomic mass is 9.96. The second-order valence-corrected chi connectivity index (χ2v) is 6.58. The highest BCUT2D eigenvalue weighted by molar-refractivity contribution is 5.50. The van der Waals surface area contributed by atoms with Gasteiger partial charge < -0.3 is 10.1 Å². The Morgan fingerprint density at radius 2 is 2.05 bits per heavy atom. The predicted molar refractivity (Wildman–Crippen MR) is 81.6 cm³/mol. The van der Waals surface area contributed by atoms with Crippen LogP contribution >= 0.6 is 0 Å². The Morgan fingerprint density at radius 1 is 1.24 bits per heavy atom. The number of anilines is 1. The lowest BCUT2D eigenvalue weighted by Gasteiger charge is -2.21. The molecule has 21 heavy (non-hydrogen) atoms. The van der Waals surface area contributed by atoms with Crippen molar-refractivity contribution in [1.29, 1.82) is 0 Å². The van der Waals surface area contributed by atoms with E-state index >= 15 is 0 Å². The van der Waals surface area contributed by atoms with E-state index in [9.17, 15) is 0 Å². The van der Waals surface area contributed by atoms with Crippen LogP contribution in [0.3, 0.4) is 0 Å². The molecular formula is C16H22N4O. The molecule has 0 amide bonds. The van der Waals surface area contributed by atoms with Gasteiger partial charge in [0.2, 0.25) is 0 Å². The zero-order chi connectivity index (χ0) is 14.4. The summed E-state index contributed by atoms with van der Waals surface area (Å²) in [6, 6.07) is 4.46. The topological polar surface area (TPSA) is 51.5 Å². The number of aromatic nitrogens is 3. The van der Waals surface area contributed by atoms with Crippen LogP contribution < -0.4 is 5.32 Å². The van der Waals surface area contributed by atoms with Crippen LogP contribution in [0.2, 0.25) is 0 Å². The zero-order valence-corrected chi connectivity index (χ0v) is 12.7. The van der Waals surface area contributed by atoms with Gasteiger partial charge in [0, 0.05) is 17.8 Å². The summed E-state index contributed by atoms with van der Waals surface area (Å²) in [4.78, 5) is 4.53. The average molecular weight is 286 g/mol. The summed E-state index contributed by atoms with van der Waals surface area (Å²) < 4.78 is 8.03. The van der Waals surface area contributed by atoms with Gasteiger partial charge in [0.25, 0.3) is 0 Å². The predicted octanol–water partition coefficient (Wildman–Crippen LogP) is 2.86. The fraction of sp³-hybridized carbons (Fsp3) is 0.625. The first-order valence-corrected chi connectivity index (χ1v) is 7.88. The van der Waals surface area contributed by atoms with Crippen molar-refractivity contribution in [2.75, 3.05) is 11.9 Å². The molecule has 1 saturated heterocycles. The fourth-order valence-corrected chi connectivity index (χ4v) is 3.83. The van der Waals surface area contributed by atoms with Gasteiger partial charge in [-0.1, -0.05) is 12.8 Å². The molecule has 1 aliphatic heterocycles. The summed E-state index contributed by atoms with van der Waals surface area (Å²) in [7, 11) is 0. The molecule has 2 aromatic heterocycles. The molecule has 1 N–H and O–H groups in total. The molecule has 0 bridgehead atoms. The van der Waals surface area contributed by atoms with Gasteiger partial charge in [-0.05, 0) is 33.1 Å². The molecule has 1 spiro atoms. The van der Waals surface area contributed by atoms with Gasteiger partial charge >= 0.3 is 0 Å². The first-order valence-electron chi connectivity index (χ1n) is 7.88. The second kappa shape index (κ2) is 4.70. The molecule has 4 rings (SSSR count). The molecule has 0 radical (unpaired) electrons. The van der Waals surface area contributed by atoms with Gasteiger partial charge in [0.15, 0.2) is 5.65 Å². The number of nitrogens with zero attached hydrogens (tertiary/aromatic N) is 3. The molecule has 1 aliphatic carbocycles. The van der Waals surface area contributed by atoms with Crippen molar-refractivity contribution >= 4 is 11.5 Å². The van der Waals surface area contributed by atoms with E-state index in [0.29, 0.717) is 6.04 Å². The van der Waals surface area contributed by atoms with E-state index in [1.807, 2.05) is 24.4 Å². The number of ether oxygens (including phenoxy) is 1. The van der Waals surface area contributed by atoms with E-state index in [4.69, 9.17) is 4.74 Å². The van der Waals surface area contributed by atoms with Crippen molar-refractivity contribution in [3.63, 3.8) is 0 Å². The van der Waals surface area contributed by atoms with Crippen molar-refractivity contribution in [2.24, 2.45) is 0 Å². The zero-order valence-electron chi connectivity index (χ0n) is 12.7. The van der Waals surface area contributed by atoms with Crippen LogP contribution in [0, 0.1) is 13.8 Å². The highest BCUT2D eigenvalue weighted by Gasteiger charge is 2.42. The van der Waals surface area contributed by atoms with Crippen molar-refractivity contribution in [3.8, 4) is 0 Å². The van der Waals surface area contributed by atoms with Crippen LogP contribution in [-0.2, 0) is 4.74 Å². The fourth-order valence-electron chi connectivity index (χ4n) is 3.83. The smallest absolute Gasteiger partial charge is 0.157 e. The Kier molecular flexibility index (Phi) is 2.92. The van der Waals surface area contributed by atoms with Crippen LogP contribution in [0.15, 0.2) is 12.1 Å². The summed E-state index contributed by atoms with van der Waals surface area (Å²) in [5.41, 5.74) is 3.06. The third-order valence-corrected chi connectivity index (χ3v) is 4.75. The normalized spacial score (nSPS) is 24.2. The molecule has 5 heteroatoms. The van der Waals surface area contributed by atoms with Crippen LogP contribution in [0.25, 0.3) is 5.65 Å². The first-order chi connectivity index (χ1) is 10.1. The Balaban J connectivity index is 1.60. The molecule has 1 saturated carbocycles. The monoisotopic (exact) mass is 286 g/mol. The quantitative estimate of drug-likeness (QED) is 0.922. The lowest BCUT2D eigenvalue weighted by Crippen LogP contribution is -2.26. The first kappa shape index (κ1) is 13.1. The second-order valence-electron chi connectivity index (χ2n) is 6.58. The Bertz CT molecular complexity index is 672. The minimum Gasteiger partial charge on any atom is -0.373 e. The van der Waals surface area contributed by atoms with Gasteiger partial charge in [-0.3, -0.25) is 0 Å². The molecular weight excluding hydrogens is 264 g/mol. The summed E-state index contributed by atoms with van der Waals surface area (Å²) in [5.74, 6) is 1.02. The summed E-state index contributed by atoms with van der Waals surface area (Å²) in [6.07, 6.45) is 6.16. The minimum atomic E-state index is 0.152. The molecule has 2 aliphatic rings. The molecule has 112 valence electrons. The van der Waals surface area contributed by atoms with E-state index in [2.05, 4.69) is 21.5 Å². The van der Waals surface area contributed by atoms with Crippen molar-refractivity contribution < 1.29 is 4.74 Å².